The predicted octanol–water partition coefficient (Wildman–Crippen LogP) is 1.79. The highest BCUT2D eigenvalue weighted by Gasteiger charge is 2.36. The Kier molecular flexibility index (Phi) is 5.37. The minimum absolute atomic E-state index is 0.0404. The molecule has 1 fully saturated rings. The van der Waals surface area contributed by atoms with Crippen LogP contribution in [0, 0.1) is 5.82 Å². The van der Waals surface area contributed by atoms with Gasteiger partial charge in [0.05, 0.1) is 5.39 Å². The number of pyridine rings is 2. The van der Waals surface area contributed by atoms with Crippen molar-refractivity contribution in [2.24, 2.45) is 0 Å². The molecule has 3 rings (SSSR count). The molecule has 0 amide bonds. The van der Waals surface area contributed by atoms with Crippen LogP contribution in [0.3, 0.4) is 0 Å². The van der Waals surface area contributed by atoms with Crippen molar-refractivity contribution in [2.45, 2.75) is 32.7 Å². The third kappa shape index (κ3) is 4.14. The van der Waals surface area contributed by atoms with E-state index in [2.05, 4.69) is 14.3 Å². The molecule has 0 unspecified atom stereocenters. The normalized spacial score (nSPS) is 13.1. The maximum absolute atomic E-state index is 13.8. The number of carbonyl (C=O) groups is 3. The summed E-state index contributed by atoms with van der Waals surface area (Å²) in [6, 6.07) is 0.847. The van der Waals surface area contributed by atoms with Gasteiger partial charge >= 0.3 is 13.3 Å². The van der Waals surface area contributed by atoms with E-state index < -0.39 is 47.2 Å². The molecular formula is C16H13BClFN2O7. The Labute approximate surface area is 162 Å². The molecule has 1 saturated carbocycles. The molecule has 0 radical (unpaired) electrons. The van der Waals surface area contributed by atoms with Crippen LogP contribution in [-0.4, -0.2) is 34.8 Å². The van der Waals surface area contributed by atoms with Crippen LogP contribution in [0.1, 0.15) is 43.1 Å². The fourth-order valence-electron chi connectivity index (χ4n) is 2.50. The molecule has 12 heteroatoms. The molecule has 0 spiro atoms. The molecule has 146 valence electrons. The van der Waals surface area contributed by atoms with Gasteiger partial charge in [-0.15, -0.1) is 0 Å². The van der Waals surface area contributed by atoms with E-state index in [4.69, 9.17) is 16.3 Å². The van der Waals surface area contributed by atoms with E-state index in [9.17, 15) is 23.6 Å². The maximum atomic E-state index is 13.8. The Morgan fingerprint density at radius 2 is 1.82 bits per heavy atom. The lowest BCUT2D eigenvalue weighted by Gasteiger charge is -2.14. The fraction of sp³-hybridized carbons (Fsp3) is 0.312. The molecule has 9 nitrogen and oxygen atoms in total. The van der Waals surface area contributed by atoms with Gasteiger partial charge in [-0.3, -0.25) is 14.4 Å². The molecule has 0 aliphatic heterocycles. The monoisotopic (exact) mass is 410 g/mol. The summed E-state index contributed by atoms with van der Waals surface area (Å²) < 4.78 is 29.3. The van der Waals surface area contributed by atoms with Crippen LogP contribution < -0.4 is 5.43 Å². The van der Waals surface area contributed by atoms with Crippen molar-refractivity contribution < 1.29 is 32.7 Å². The smallest absolute Gasteiger partial charge is 0.462 e. The average molecular weight is 411 g/mol. The van der Waals surface area contributed by atoms with Gasteiger partial charge in [-0.05, 0) is 18.9 Å². The number of hydrogen-bond donors (Lipinski definition) is 0. The zero-order chi connectivity index (χ0) is 20.6. The highest BCUT2D eigenvalue weighted by Crippen LogP contribution is 2.37. The van der Waals surface area contributed by atoms with Gasteiger partial charge in [0.25, 0.3) is 11.9 Å². The number of carbonyl (C=O) groups excluding carboxylic acids is 3. The van der Waals surface area contributed by atoms with Crippen LogP contribution in [0.2, 0.25) is 5.15 Å². The van der Waals surface area contributed by atoms with Gasteiger partial charge in [0.15, 0.2) is 11.0 Å². The van der Waals surface area contributed by atoms with Crippen LogP contribution in [0.15, 0.2) is 17.1 Å². The second-order valence-corrected chi connectivity index (χ2v) is 6.41. The van der Waals surface area contributed by atoms with Gasteiger partial charge in [-0.1, -0.05) is 11.6 Å². The van der Waals surface area contributed by atoms with Crippen LogP contribution in [0.4, 0.5) is 4.39 Å². The molecule has 1 aliphatic carbocycles. The molecule has 2 heterocycles. The molecule has 2 aromatic heterocycles. The standard InChI is InChI=1S/C16H13BClFN2O7/c1-7(22)26-17(27-8(2)23)28-16(25)11-6-21(9-3-4-9)15-10(13(11)24)5-12(19)14(18)20-15/h5-6,9H,3-4H2,1-2H3. The number of hydrogen-bond acceptors (Lipinski definition) is 8. The minimum atomic E-state index is -1.97. The Bertz CT molecular complexity index is 1040. The molecule has 0 saturated heterocycles. The lowest BCUT2D eigenvalue weighted by Crippen LogP contribution is -2.35. The van der Waals surface area contributed by atoms with Crippen molar-refractivity contribution in [1.82, 2.24) is 9.55 Å². The van der Waals surface area contributed by atoms with Crippen molar-refractivity contribution in [3.05, 3.63) is 39.0 Å². The second-order valence-electron chi connectivity index (χ2n) is 6.06. The van der Waals surface area contributed by atoms with Crippen LogP contribution >= 0.6 is 11.6 Å². The van der Waals surface area contributed by atoms with Crippen molar-refractivity contribution in [3.63, 3.8) is 0 Å². The molecule has 0 bridgehead atoms. The van der Waals surface area contributed by atoms with E-state index in [0.717, 1.165) is 32.8 Å². The molecule has 28 heavy (non-hydrogen) atoms. The van der Waals surface area contributed by atoms with Crippen molar-refractivity contribution in [1.29, 1.82) is 0 Å². The van der Waals surface area contributed by atoms with Gasteiger partial charge in [0.1, 0.15) is 11.2 Å². The van der Waals surface area contributed by atoms with Gasteiger partial charge in [0.2, 0.25) is 5.43 Å². The van der Waals surface area contributed by atoms with Crippen LogP contribution in [0.25, 0.3) is 11.0 Å². The Balaban J connectivity index is 2.04. The lowest BCUT2D eigenvalue weighted by molar-refractivity contribution is -0.139. The molecule has 1 aliphatic rings. The summed E-state index contributed by atoms with van der Waals surface area (Å²) in [6.07, 6.45) is 2.75. The molecule has 2 aromatic rings. The van der Waals surface area contributed by atoms with Gasteiger partial charge in [-0.2, -0.15) is 0 Å². The highest BCUT2D eigenvalue weighted by molar-refractivity contribution is 6.44. The summed E-state index contributed by atoms with van der Waals surface area (Å²) in [7, 11) is -1.97. The Morgan fingerprint density at radius 3 is 2.36 bits per heavy atom. The van der Waals surface area contributed by atoms with E-state index in [1.54, 1.807) is 0 Å². The molecular weight excluding hydrogens is 397 g/mol. The average Bonchev–Trinajstić information content (AvgIpc) is 3.40. The van der Waals surface area contributed by atoms with E-state index >= 15 is 0 Å². The zero-order valence-corrected chi connectivity index (χ0v) is 15.5. The topological polar surface area (TPSA) is 114 Å². The number of nitrogens with zero attached hydrogens (tertiary/aromatic N) is 2. The lowest BCUT2D eigenvalue weighted by atomic mass is 10.1. The zero-order valence-electron chi connectivity index (χ0n) is 14.7. The highest BCUT2D eigenvalue weighted by atomic mass is 35.5. The largest absolute Gasteiger partial charge is 0.870 e. The van der Waals surface area contributed by atoms with Gasteiger partial charge in [-0.25, -0.2) is 14.2 Å². The minimum Gasteiger partial charge on any atom is -0.462 e. The van der Waals surface area contributed by atoms with Gasteiger partial charge < -0.3 is 18.5 Å². The van der Waals surface area contributed by atoms with Gasteiger partial charge in [0, 0.05) is 26.1 Å². The number of aromatic nitrogens is 2. The third-order valence-corrected chi connectivity index (χ3v) is 4.07. The number of fused-ring (bicyclic) bond motifs is 1. The summed E-state index contributed by atoms with van der Waals surface area (Å²) in [5.41, 5.74) is -1.19. The molecule has 0 atom stereocenters. The van der Waals surface area contributed by atoms with Crippen molar-refractivity contribution >= 4 is 47.9 Å². The van der Waals surface area contributed by atoms with Crippen molar-refractivity contribution in [3.8, 4) is 0 Å². The summed E-state index contributed by atoms with van der Waals surface area (Å²) in [6.45, 7) is 2.03. The van der Waals surface area contributed by atoms with Crippen LogP contribution in [0.5, 0.6) is 0 Å². The van der Waals surface area contributed by atoms with E-state index in [-0.39, 0.29) is 17.1 Å². The second kappa shape index (κ2) is 7.59. The van der Waals surface area contributed by atoms with Crippen molar-refractivity contribution in [2.75, 3.05) is 0 Å². The Morgan fingerprint density at radius 1 is 1.21 bits per heavy atom. The fourth-order valence-corrected chi connectivity index (χ4v) is 2.63. The van der Waals surface area contributed by atoms with E-state index in [1.165, 1.54) is 10.8 Å². The first-order valence-corrected chi connectivity index (χ1v) is 8.51. The maximum Gasteiger partial charge on any atom is 0.870 e. The molecule has 0 N–H and O–H groups in total. The summed E-state index contributed by atoms with van der Waals surface area (Å²) in [5.74, 6) is -3.90. The van der Waals surface area contributed by atoms with Crippen LogP contribution in [-0.2, 0) is 23.6 Å². The number of halogens is 2. The SMILES string of the molecule is CC(=O)OB(OC(C)=O)OC(=O)c1cn(C2CC2)c2nc(Cl)c(F)cc2c1=O. The third-order valence-electron chi connectivity index (χ3n) is 3.80. The molecule has 0 aromatic carbocycles. The quantitative estimate of drug-likeness (QED) is 0.541. The summed E-state index contributed by atoms with van der Waals surface area (Å²) in [5, 5.41) is -0.568. The first-order chi connectivity index (χ1) is 13.2. The number of rotatable bonds is 5. The summed E-state index contributed by atoms with van der Waals surface area (Å²) in [4.78, 5) is 51.2. The van der Waals surface area contributed by atoms with E-state index in [0.29, 0.717) is 0 Å². The first kappa shape index (κ1) is 19.8. The summed E-state index contributed by atoms with van der Waals surface area (Å²) >= 11 is 5.72. The first-order valence-electron chi connectivity index (χ1n) is 8.13. The Hall–Kier alpha value is -2.95. The van der Waals surface area contributed by atoms with E-state index in [1.807, 2.05) is 0 Å². The predicted molar refractivity (Wildman–Crippen MR) is 93.9 cm³/mol.